The Morgan fingerprint density at radius 1 is 1.39 bits per heavy atom. The van der Waals surface area contributed by atoms with Crippen molar-refractivity contribution in [1.29, 1.82) is 0 Å². The van der Waals surface area contributed by atoms with Crippen molar-refractivity contribution in [3.05, 3.63) is 17.8 Å². The van der Waals surface area contributed by atoms with Crippen molar-refractivity contribution in [2.75, 3.05) is 11.1 Å². The monoisotopic (exact) mass is 250 g/mol. The normalized spacial score (nSPS) is 12.9. The minimum absolute atomic E-state index is 0.0785. The van der Waals surface area contributed by atoms with E-state index in [1.807, 2.05) is 33.8 Å². The number of hydrogen-bond donors (Lipinski definition) is 3. The van der Waals surface area contributed by atoms with E-state index >= 15 is 0 Å². The highest BCUT2D eigenvalue weighted by Crippen LogP contribution is 2.16. The van der Waals surface area contributed by atoms with Crippen LogP contribution in [0.1, 0.15) is 33.4 Å². The van der Waals surface area contributed by atoms with Gasteiger partial charge in [0.25, 0.3) is 0 Å². The third-order valence-corrected chi connectivity index (χ3v) is 2.31. The molecule has 5 heteroatoms. The lowest BCUT2D eigenvalue weighted by molar-refractivity contribution is -0.122. The molecule has 0 spiro atoms. The number of anilines is 2. The fourth-order valence-electron chi connectivity index (χ4n) is 1.43. The Labute approximate surface area is 108 Å². The molecule has 0 aliphatic rings. The highest BCUT2D eigenvalue weighted by molar-refractivity contribution is 5.85. The molecule has 18 heavy (non-hydrogen) atoms. The molecule has 0 aliphatic heterocycles. The average molecular weight is 250 g/mol. The molecule has 0 bridgehead atoms. The molecule has 5 nitrogen and oxygen atoms in total. The van der Waals surface area contributed by atoms with Crippen LogP contribution < -0.4 is 16.4 Å². The van der Waals surface area contributed by atoms with E-state index in [2.05, 4.69) is 15.6 Å². The number of nitrogen functional groups attached to an aromatic ring is 1. The summed E-state index contributed by atoms with van der Waals surface area (Å²) in [5, 5.41) is 5.93. The lowest BCUT2D eigenvalue weighted by Gasteiger charge is -2.24. The molecular weight excluding hydrogens is 228 g/mol. The maximum Gasteiger partial charge on any atom is 0.242 e. The highest BCUT2D eigenvalue weighted by Gasteiger charge is 2.19. The summed E-state index contributed by atoms with van der Waals surface area (Å²) in [6, 6.07) is 3.22. The zero-order valence-corrected chi connectivity index (χ0v) is 11.7. The van der Waals surface area contributed by atoms with Crippen LogP contribution in [-0.2, 0) is 4.79 Å². The molecule has 1 aromatic rings. The minimum atomic E-state index is -0.388. The first-order chi connectivity index (χ1) is 8.19. The van der Waals surface area contributed by atoms with Crippen molar-refractivity contribution >= 4 is 17.4 Å². The van der Waals surface area contributed by atoms with Gasteiger partial charge in [0.2, 0.25) is 5.91 Å². The van der Waals surface area contributed by atoms with Gasteiger partial charge in [-0.1, -0.05) is 0 Å². The molecule has 1 rings (SSSR count). The second kappa shape index (κ2) is 5.25. The Morgan fingerprint density at radius 2 is 2.00 bits per heavy atom. The van der Waals surface area contributed by atoms with E-state index in [1.54, 1.807) is 13.0 Å². The number of amides is 1. The first-order valence-corrected chi connectivity index (χ1v) is 6.01. The lowest BCUT2D eigenvalue weighted by Crippen LogP contribution is -2.47. The standard InChI is InChI=1S/C13H22N4O/c1-8-6-7-10(14)11(15-8)16-9(2)12(18)17-13(3,4)5/h6-7,9H,14H2,1-5H3,(H,15,16)(H,17,18). The average Bonchev–Trinajstić information content (AvgIpc) is 2.21. The zero-order valence-electron chi connectivity index (χ0n) is 11.7. The Hall–Kier alpha value is -1.78. The van der Waals surface area contributed by atoms with E-state index in [0.717, 1.165) is 5.69 Å². The Kier molecular flexibility index (Phi) is 4.16. The SMILES string of the molecule is Cc1ccc(N)c(NC(C)C(=O)NC(C)(C)C)n1. The summed E-state index contributed by atoms with van der Waals surface area (Å²) in [5.41, 5.74) is 6.95. The second-order valence-corrected chi connectivity index (χ2v) is 5.50. The molecule has 0 aromatic carbocycles. The molecule has 4 N–H and O–H groups in total. The van der Waals surface area contributed by atoms with Gasteiger partial charge < -0.3 is 16.4 Å². The van der Waals surface area contributed by atoms with Crippen LogP contribution in [0.3, 0.4) is 0 Å². The first-order valence-electron chi connectivity index (χ1n) is 6.01. The maximum atomic E-state index is 11.9. The molecule has 0 aliphatic carbocycles. The van der Waals surface area contributed by atoms with Crippen molar-refractivity contribution in [2.45, 2.75) is 46.2 Å². The lowest BCUT2D eigenvalue weighted by atomic mass is 10.1. The molecule has 0 radical (unpaired) electrons. The molecular formula is C13H22N4O. The van der Waals surface area contributed by atoms with Crippen molar-refractivity contribution in [3.63, 3.8) is 0 Å². The number of nitrogens with one attached hydrogen (secondary N) is 2. The van der Waals surface area contributed by atoms with Crippen LogP contribution in [0.2, 0.25) is 0 Å². The van der Waals surface area contributed by atoms with Gasteiger partial charge in [0.05, 0.1) is 5.69 Å². The molecule has 1 aromatic heterocycles. The van der Waals surface area contributed by atoms with Gasteiger partial charge in [-0.3, -0.25) is 4.79 Å². The summed E-state index contributed by atoms with van der Waals surface area (Å²) in [5.74, 6) is 0.469. The molecule has 1 amide bonds. The van der Waals surface area contributed by atoms with Gasteiger partial charge in [0, 0.05) is 11.2 Å². The summed E-state index contributed by atoms with van der Waals surface area (Å²) in [7, 11) is 0. The van der Waals surface area contributed by atoms with Crippen LogP contribution in [0.25, 0.3) is 0 Å². The highest BCUT2D eigenvalue weighted by atomic mass is 16.2. The molecule has 1 heterocycles. The fourth-order valence-corrected chi connectivity index (χ4v) is 1.43. The molecule has 100 valence electrons. The number of nitrogens with two attached hydrogens (primary N) is 1. The van der Waals surface area contributed by atoms with Crippen LogP contribution >= 0.6 is 0 Å². The van der Waals surface area contributed by atoms with Crippen molar-refractivity contribution in [2.24, 2.45) is 0 Å². The van der Waals surface area contributed by atoms with Crippen molar-refractivity contribution in [3.8, 4) is 0 Å². The number of aryl methyl sites for hydroxylation is 1. The Morgan fingerprint density at radius 3 is 2.56 bits per heavy atom. The second-order valence-electron chi connectivity index (χ2n) is 5.50. The van der Waals surface area contributed by atoms with Gasteiger partial charge in [-0.25, -0.2) is 4.98 Å². The first kappa shape index (κ1) is 14.3. The predicted octanol–water partition coefficient (Wildman–Crippen LogP) is 1.69. The third-order valence-electron chi connectivity index (χ3n) is 2.31. The number of carbonyl (C=O) groups excluding carboxylic acids is 1. The molecule has 0 fully saturated rings. The van der Waals surface area contributed by atoms with E-state index < -0.39 is 0 Å². The molecule has 0 saturated carbocycles. The summed E-state index contributed by atoms with van der Waals surface area (Å²) in [6.07, 6.45) is 0. The quantitative estimate of drug-likeness (QED) is 0.762. The van der Waals surface area contributed by atoms with E-state index in [0.29, 0.717) is 11.5 Å². The number of nitrogens with zero attached hydrogens (tertiary/aromatic N) is 1. The predicted molar refractivity (Wildman–Crippen MR) is 74.4 cm³/mol. The molecule has 1 unspecified atom stereocenters. The van der Waals surface area contributed by atoms with Crippen LogP contribution in [0.4, 0.5) is 11.5 Å². The summed E-state index contributed by atoms with van der Waals surface area (Å²) >= 11 is 0. The summed E-state index contributed by atoms with van der Waals surface area (Å²) in [4.78, 5) is 16.2. The number of aromatic nitrogens is 1. The van der Waals surface area contributed by atoms with Gasteiger partial charge in [-0.15, -0.1) is 0 Å². The van der Waals surface area contributed by atoms with Gasteiger partial charge in [0.15, 0.2) is 0 Å². The van der Waals surface area contributed by atoms with Crippen LogP contribution in [-0.4, -0.2) is 22.5 Å². The minimum Gasteiger partial charge on any atom is -0.396 e. The van der Waals surface area contributed by atoms with Gasteiger partial charge >= 0.3 is 0 Å². The number of carbonyl (C=O) groups is 1. The van der Waals surface area contributed by atoms with Gasteiger partial charge in [-0.2, -0.15) is 0 Å². The zero-order chi connectivity index (χ0) is 13.9. The van der Waals surface area contributed by atoms with Gasteiger partial charge in [0.1, 0.15) is 11.9 Å². The smallest absolute Gasteiger partial charge is 0.242 e. The summed E-state index contributed by atoms with van der Waals surface area (Å²) < 4.78 is 0. The van der Waals surface area contributed by atoms with Gasteiger partial charge in [-0.05, 0) is 46.8 Å². The third kappa shape index (κ3) is 4.24. The Bertz CT molecular complexity index is 437. The van der Waals surface area contributed by atoms with Crippen molar-refractivity contribution in [1.82, 2.24) is 10.3 Å². The molecule has 1 atom stereocenters. The largest absolute Gasteiger partial charge is 0.396 e. The van der Waals surface area contributed by atoms with E-state index in [1.165, 1.54) is 0 Å². The number of rotatable bonds is 3. The van der Waals surface area contributed by atoms with Crippen LogP contribution in [0, 0.1) is 6.92 Å². The van der Waals surface area contributed by atoms with Crippen molar-refractivity contribution < 1.29 is 4.79 Å². The van der Waals surface area contributed by atoms with E-state index in [9.17, 15) is 4.79 Å². The number of pyridine rings is 1. The van der Waals surface area contributed by atoms with Crippen LogP contribution in [0.15, 0.2) is 12.1 Å². The van der Waals surface area contributed by atoms with E-state index in [4.69, 9.17) is 5.73 Å². The maximum absolute atomic E-state index is 11.9. The fraction of sp³-hybridized carbons (Fsp3) is 0.538. The Balaban J connectivity index is 2.72. The van der Waals surface area contributed by atoms with Crippen LogP contribution in [0.5, 0.6) is 0 Å². The molecule has 0 saturated heterocycles. The summed E-state index contributed by atoms with van der Waals surface area (Å²) in [6.45, 7) is 9.49. The number of hydrogen-bond acceptors (Lipinski definition) is 4. The van der Waals surface area contributed by atoms with E-state index in [-0.39, 0.29) is 17.5 Å². The topological polar surface area (TPSA) is 80.0 Å².